The SMILES string of the molecule is CCCNc1c(CC)c(C)nc2c(I)cccc12. The van der Waals surface area contributed by atoms with E-state index in [0.29, 0.717) is 0 Å². The van der Waals surface area contributed by atoms with Gasteiger partial charge in [-0.05, 0) is 54.0 Å². The topological polar surface area (TPSA) is 24.9 Å². The van der Waals surface area contributed by atoms with E-state index in [1.165, 1.54) is 20.2 Å². The molecule has 0 unspecified atom stereocenters. The van der Waals surface area contributed by atoms with Crippen LogP contribution in [0.25, 0.3) is 10.9 Å². The zero-order chi connectivity index (χ0) is 13.1. The van der Waals surface area contributed by atoms with E-state index >= 15 is 0 Å². The first kappa shape index (κ1) is 13.6. The lowest BCUT2D eigenvalue weighted by Gasteiger charge is -2.16. The average molecular weight is 354 g/mol. The van der Waals surface area contributed by atoms with Gasteiger partial charge in [-0.3, -0.25) is 4.98 Å². The fourth-order valence-corrected chi connectivity index (χ4v) is 2.91. The maximum atomic E-state index is 4.77. The minimum atomic E-state index is 1.01. The third-order valence-electron chi connectivity index (χ3n) is 3.18. The predicted molar refractivity (Wildman–Crippen MR) is 87.4 cm³/mol. The van der Waals surface area contributed by atoms with Crippen molar-refractivity contribution in [3.05, 3.63) is 33.0 Å². The molecule has 0 amide bonds. The van der Waals surface area contributed by atoms with Gasteiger partial charge in [-0.25, -0.2) is 0 Å². The van der Waals surface area contributed by atoms with Crippen molar-refractivity contribution >= 4 is 39.2 Å². The molecule has 96 valence electrons. The highest BCUT2D eigenvalue weighted by atomic mass is 127. The van der Waals surface area contributed by atoms with Crippen LogP contribution in [0.5, 0.6) is 0 Å². The summed E-state index contributed by atoms with van der Waals surface area (Å²) in [6, 6.07) is 6.39. The van der Waals surface area contributed by atoms with Crippen LogP contribution in [-0.2, 0) is 6.42 Å². The largest absolute Gasteiger partial charge is 0.384 e. The first-order chi connectivity index (χ1) is 8.69. The number of halogens is 1. The normalized spacial score (nSPS) is 10.9. The van der Waals surface area contributed by atoms with Crippen LogP contribution in [0.15, 0.2) is 18.2 Å². The summed E-state index contributed by atoms with van der Waals surface area (Å²) < 4.78 is 1.22. The Bertz CT molecular complexity index is 564. The molecule has 0 atom stereocenters. The fourth-order valence-electron chi connectivity index (χ4n) is 2.29. The quantitative estimate of drug-likeness (QED) is 0.816. The molecular formula is C15H19IN2. The molecule has 1 N–H and O–H groups in total. The van der Waals surface area contributed by atoms with Gasteiger partial charge in [0.1, 0.15) is 0 Å². The van der Waals surface area contributed by atoms with Gasteiger partial charge in [0.05, 0.1) is 5.52 Å². The van der Waals surface area contributed by atoms with Gasteiger partial charge >= 0.3 is 0 Å². The molecule has 0 aliphatic heterocycles. The Hall–Kier alpha value is -0.840. The Morgan fingerprint density at radius 3 is 2.72 bits per heavy atom. The second kappa shape index (κ2) is 5.87. The number of hydrogen-bond donors (Lipinski definition) is 1. The molecular weight excluding hydrogens is 335 g/mol. The van der Waals surface area contributed by atoms with E-state index in [4.69, 9.17) is 4.98 Å². The molecule has 0 spiro atoms. The lowest BCUT2D eigenvalue weighted by atomic mass is 10.0. The monoisotopic (exact) mass is 354 g/mol. The molecule has 3 heteroatoms. The van der Waals surface area contributed by atoms with Gasteiger partial charge < -0.3 is 5.32 Å². The molecule has 0 fully saturated rings. The molecule has 0 radical (unpaired) electrons. The molecule has 2 rings (SSSR count). The van der Waals surface area contributed by atoms with E-state index in [1.54, 1.807) is 0 Å². The lowest BCUT2D eigenvalue weighted by Crippen LogP contribution is -2.06. The van der Waals surface area contributed by atoms with Crippen molar-refractivity contribution in [2.45, 2.75) is 33.6 Å². The smallest absolute Gasteiger partial charge is 0.0859 e. The predicted octanol–water partition coefficient (Wildman–Crippen LogP) is 4.53. The third-order valence-corrected chi connectivity index (χ3v) is 4.05. The summed E-state index contributed by atoms with van der Waals surface area (Å²) in [7, 11) is 0. The number of aromatic nitrogens is 1. The van der Waals surface area contributed by atoms with Crippen molar-refractivity contribution in [2.24, 2.45) is 0 Å². The van der Waals surface area contributed by atoms with Gasteiger partial charge in [-0.2, -0.15) is 0 Å². The summed E-state index contributed by atoms with van der Waals surface area (Å²) in [5.74, 6) is 0. The van der Waals surface area contributed by atoms with Gasteiger partial charge in [0.2, 0.25) is 0 Å². The van der Waals surface area contributed by atoms with Crippen LogP contribution in [0.1, 0.15) is 31.5 Å². The Balaban J connectivity index is 2.71. The minimum Gasteiger partial charge on any atom is -0.384 e. The molecule has 1 aromatic heterocycles. The summed E-state index contributed by atoms with van der Waals surface area (Å²) >= 11 is 2.36. The van der Waals surface area contributed by atoms with Crippen LogP contribution in [0, 0.1) is 10.5 Å². The number of aryl methyl sites for hydroxylation is 1. The van der Waals surface area contributed by atoms with Crippen LogP contribution < -0.4 is 5.32 Å². The maximum absolute atomic E-state index is 4.77. The van der Waals surface area contributed by atoms with Crippen LogP contribution in [0.4, 0.5) is 5.69 Å². The number of nitrogens with one attached hydrogen (secondary N) is 1. The molecule has 0 bridgehead atoms. The van der Waals surface area contributed by atoms with Crippen molar-refractivity contribution in [2.75, 3.05) is 11.9 Å². The van der Waals surface area contributed by atoms with Crippen LogP contribution in [-0.4, -0.2) is 11.5 Å². The van der Waals surface area contributed by atoms with Crippen LogP contribution in [0.3, 0.4) is 0 Å². The Labute approximate surface area is 122 Å². The Kier molecular flexibility index (Phi) is 4.43. The number of nitrogens with zero attached hydrogens (tertiary/aromatic N) is 1. The molecule has 0 aliphatic carbocycles. The fraction of sp³-hybridized carbons (Fsp3) is 0.400. The van der Waals surface area contributed by atoms with Gasteiger partial charge in [0.25, 0.3) is 0 Å². The Morgan fingerprint density at radius 1 is 1.28 bits per heavy atom. The van der Waals surface area contributed by atoms with Crippen molar-refractivity contribution in [1.82, 2.24) is 4.98 Å². The van der Waals surface area contributed by atoms with Crippen molar-refractivity contribution in [3.8, 4) is 0 Å². The van der Waals surface area contributed by atoms with E-state index in [0.717, 1.165) is 30.6 Å². The molecule has 2 aromatic rings. The summed E-state index contributed by atoms with van der Waals surface area (Å²) in [6.45, 7) is 7.51. The maximum Gasteiger partial charge on any atom is 0.0859 e. The first-order valence-electron chi connectivity index (χ1n) is 6.50. The van der Waals surface area contributed by atoms with E-state index < -0.39 is 0 Å². The number of fused-ring (bicyclic) bond motifs is 1. The summed E-state index contributed by atoms with van der Waals surface area (Å²) in [4.78, 5) is 4.77. The number of rotatable bonds is 4. The van der Waals surface area contributed by atoms with Crippen LogP contribution >= 0.6 is 22.6 Å². The van der Waals surface area contributed by atoms with Crippen molar-refractivity contribution in [3.63, 3.8) is 0 Å². The minimum absolute atomic E-state index is 1.01. The highest BCUT2D eigenvalue weighted by molar-refractivity contribution is 14.1. The molecule has 0 aliphatic rings. The average Bonchev–Trinajstić information content (AvgIpc) is 2.37. The van der Waals surface area contributed by atoms with Gasteiger partial charge in [0.15, 0.2) is 0 Å². The van der Waals surface area contributed by atoms with Gasteiger partial charge in [-0.1, -0.05) is 26.0 Å². The van der Waals surface area contributed by atoms with E-state index in [-0.39, 0.29) is 0 Å². The van der Waals surface area contributed by atoms with Crippen LogP contribution in [0.2, 0.25) is 0 Å². The third kappa shape index (κ3) is 2.46. The second-order valence-electron chi connectivity index (χ2n) is 4.47. The molecule has 1 aromatic carbocycles. The molecule has 0 saturated carbocycles. The summed E-state index contributed by atoms with van der Waals surface area (Å²) in [5.41, 5.74) is 4.89. The highest BCUT2D eigenvalue weighted by Gasteiger charge is 2.12. The van der Waals surface area contributed by atoms with Gasteiger partial charge in [-0.15, -0.1) is 0 Å². The van der Waals surface area contributed by atoms with E-state index in [1.807, 2.05) is 0 Å². The molecule has 18 heavy (non-hydrogen) atoms. The number of hydrogen-bond acceptors (Lipinski definition) is 2. The Morgan fingerprint density at radius 2 is 2.06 bits per heavy atom. The summed E-state index contributed by atoms with van der Waals surface area (Å²) in [5, 5.41) is 4.83. The van der Waals surface area contributed by atoms with Gasteiger partial charge in [0, 0.05) is 26.9 Å². The lowest BCUT2D eigenvalue weighted by molar-refractivity contribution is 0.968. The molecule has 0 saturated heterocycles. The van der Waals surface area contributed by atoms with E-state index in [9.17, 15) is 0 Å². The zero-order valence-electron chi connectivity index (χ0n) is 11.2. The number of anilines is 1. The number of pyridine rings is 1. The van der Waals surface area contributed by atoms with E-state index in [2.05, 4.69) is 66.9 Å². The molecule has 1 heterocycles. The second-order valence-corrected chi connectivity index (χ2v) is 5.63. The standard InChI is InChI=1S/C15H19IN2/c1-4-9-17-14-11(5-2)10(3)18-15-12(14)7-6-8-13(15)16/h6-8H,4-5,9H2,1-3H3,(H,17,18). The first-order valence-corrected chi connectivity index (χ1v) is 7.58. The number of benzene rings is 1. The number of para-hydroxylation sites is 1. The highest BCUT2D eigenvalue weighted by Crippen LogP contribution is 2.31. The van der Waals surface area contributed by atoms with Crippen molar-refractivity contribution in [1.29, 1.82) is 0 Å². The van der Waals surface area contributed by atoms with Crippen molar-refractivity contribution < 1.29 is 0 Å². The molecule has 2 nitrogen and oxygen atoms in total. The zero-order valence-corrected chi connectivity index (χ0v) is 13.3. The summed E-state index contributed by atoms with van der Waals surface area (Å²) in [6.07, 6.45) is 2.15.